The highest BCUT2D eigenvalue weighted by Gasteiger charge is 2.11. The Balaban J connectivity index is 1.59. The first-order valence-electron chi connectivity index (χ1n) is 8.06. The van der Waals surface area contributed by atoms with Crippen LogP contribution in [0.15, 0.2) is 72.2 Å². The van der Waals surface area contributed by atoms with E-state index < -0.39 is 0 Å². The van der Waals surface area contributed by atoms with Gasteiger partial charge in [0.25, 0.3) is 0 Å². The Kier molecular flexibility index (Phi) is 4.25. The molecular formula is C20H16N4OS. The first-order valence-corrected chi connectivity index (χ1v) is 8.94. The van der Waals surface area contributed by atoms with Crippen molar-refractivity contribution in [1.82, 2.24) is 4.98 Å². The Labute approximate surface area is 154 Å². The monoisotopic (exact) mass is 360 g/mol. The number of rotatable bonds is 3. The van der Waals surface area contributed by atoms with Gasteiger partial charge in [-0.2, -0.15) is 0 Å². The van der Waals surface area contributed by atoms with E-state index in [0.717, 1.165) is 26.9 Å². The zero-order valence-corrected chi connectivity index (χ0v) is 14.6. The lowest BCUT2D eigenvalue weighted by molar-refractivity contribution is 0.262. The van der Waals surface area contributed by atoms with Crippen molar-refractivity contribution in [3.05, 3.63) is 72.2 Å². The van der Waals surface area contributed by atoms with Gasteiger partial charge in [0, 0.05) is 33.2 Å². The van der Waals surface area contributed by atoms with Crippen LogP contribution in [0.2, 0.25) is 0 Å². The molecule has 26 heavy (non-hydrogen) atoms. The van der Waals surface area contributed by atoms with E-state index in [1.807, 2.05) is 60.7 Å². The maximum Gasteiger partial charge on any atom is 0.323 e. The van der Waals surface area contributed by atoms with Crippen LogP contribution in [0.3, 0.4) is 0 Å². The van der Waals surface area contributed by atoms with Gasteiger partial charge in [0.1, 0.15) is 5.82 Å². The van der Waals surface area contributed by atoms with E-state index in [2.05, 4.69) is 21.0 Å². The van der Waals surface area contributed by atoms with Crippen molar-refractivity contribution < 1.29 is 4.79 Å². The number of para-hydroxylation sites is 1. The second-order valence-electron chi connectivity index (χ2n) is 5.74. The molecular weight excluding hydrogens is 344 g/mol. The average molecular weight is 360 g/mol. The molecule has 4 rings (SSSR count). The number of benzene rings is 2. The molecule has 0 fully saturated rings. The fourth-order valence-electron chi connectivity index (χ4n) is 2.80. The molecule has 0 bridgehead atoms. The zero-order chi connectivity index (χ0) is 17.9. The van der Waals surface area contributed by atoms with E-state index in [0.29, 0.717) is 11.5 Å². The lowest BCUT2D eigenvalue weighted by Gasteiger charge is -2.09. The maximum absolute atomic E-state index is 12.2. The minimum atomic E-state index is -0.287. The lowest BCUT2D eigenvalue weighted by atomic mass is 10.0. The van der Waals surface area contributed by atoms with Gasteiger partial charge >= 0.3 is 6.03 Å². The Bertz CT molecular complexity index is 1080. The minimum absolute atomic E-state index is 0.287. The normalized spacial score (nSPS) is 10.6. The van der Waals surface area contributed by atoms with Crippen LogP contribution in [0.1, 0.15) is 0 Å². The number of nitrogens with one attached hydrogen (secondary N) is 2. The number of fused-ring (bicyclic) bond motifs is 1. The molecule has 2 aromatic heterocycles. The predicted molar refractivity (Wildman–Crippen MR) is 109 cm³/mol. The molecule has 0 saturated carbocycles. The molecule has 2 heterocycles. The van der Waals surface area contributed by atoms with Crippen LogP contribution in [-0.2, 0) is 0 Å². The molecule has 0 aliphatic rings. The molecule has 6 heteroatoms. The fourth-order valence-corrected chi connectivity index (χ4v) is 3.77. The minimum Gasteiger partial charge on any atom is -0.383 e. The number of carbonyl (C=O) groups is 1. The second-order valence-corrected chi connectivity index (χ2v) is 6.66. The summed E-state index contributed by atoms with van der Waals surface area (Å²) in [4.78, 5) is 16.4. The molecule has 4 N–H and O–H groups in total. The van der Waals surface area contributed by atoms with Crippen LogP contribution in [0.4, 0.5) is 22.0 Å². The molecule has 0 spiro atoms. The summed E-state index contributed by atoms with van der Waals surface area (Å²) in [6.45, 7) is 0. The molecule has 0 aliphatic carbocycles. The number of nitrogen functional groups attached to an aromatic ring is 1. The van der Waals surface area contributed by atoms with Crippen molar-refractivity contribution in [2.24, 2.45) is 0 Å². The van der Waals surface area contributed by atoms with Crippen LogP contribution >= 0.6 is 11.3 Å². The second kappa shape index (κ2) is 6.85. The standard InChI is InChI=1S/C20H16N4OS/c21-19-18-16(12-26-17(18)9-10-22-19)13-5-4-8-15(11-13)24-20(25)23-14-6-2-1-3-7-14/h1-12H,(H2,21,22)(H2,23,24,25). The molecule has 4 aromatic rings. The van der Waals surface area contributed by atoms with Crippen LogP contribution in [0.25, 0.3) is 21.2 Å². The summed E-state index contributed by atoms with van der Waals surface area (Å²) in [5.74, 6) is 0.513. The number of nitrogens with zero attached hydrogens (tertiary/aromatic N) is 1. The van der Waals surface area contributed by atoms with Gasteiger partial charge in [0.15, 0.2) is 0 Å². The van der Waals surface area contributed by atoms with Crippen LogP contribution in [0, 0.1) is 0 Å². The summed E-state index contributed by atoms with van der Waals surface area (Å²) in [5, 5.41) is 8.68. The molecule has 0 radical (unpaired) electrons. The number of urea groups is 1. The van der Waals surface area contributed by atoms with E-state index >= 15 is 0 Å². The number of thiophene rings is 1. The highest BCUT2D eigenvalue weighted by molar-refractivity contribution is 7.17. The molecule has 0 aliphatic heterocycles. The third kappa shape index (κ3) is 3.22. The van der Waals surface area contributed by atoms with Crippen molar-refractivity contribution in [2.75, 3.05) is 16.4 Å². The number of amides is 2. The summed E-state index contributed by atoms with van der Waals surface area (Å²) in [5.41, 5.74) is 9.50. The molecule has 2 aromatic carbocycles. The molecule has 0 atom stereocenters. The number of hydrogen-bond acceptors (Lipinski definition) is 4. The van der Waals surface area contributed by atoms with Crippen molar-refractivity contribution in [1.29, 1.82) is 0 Å². The third-order valence-electron chi connectivity index (χ3n) is 3.98. The van der Waals surface area contributed by atoms with Gasteiger partial charge < -0.3 is 16.4 Å². The summed E-state index contributed by atoms with van der Waals surface area (Å²) >= 11 is 1.62. The average Bonchev–Trinajstić information content (AvgIpc) is 3.08. The van der Waals surface area contributed by atoms with Gasteiger partial charge in [-0.1, -0.05) is 30.3 Å². The van der Waals surface area contributed by atoms with E-state index in [1.54, 1.807) is 17.5 Å². The van der Waals surface area contributed by atoms with Gasteiger partial charge in [-0.25, -0.2) is 9.78 Å². The van der Waals surface area contributed by atoms with E-state index in [1.165, 1.54) is 0 Å². The smallest absolute Gasteiger partial charge is 0.323 e. The summed E-state index contributed by atoms with van der Waals surface area (Å²) in [6.07, 6.45) is 1.71. The predicted octanol–water partition coefficient (Wildman–Crippen LogP) is 5.19. The number of hydrogen-bond donors (Lipinski definition) is 3. The first kappa shape index (κ1) is 16.1. The molecule has 128 valence electrons. The highest BCUT2D eigenvalue weighted by Crippen LogP contribution is 2.37. The first-order chi connectivity index (χ1) is 12.7. The summed E-state index contributed by atoms with van der Waals surface area (Å²) in [7, 11) is 0. The van der Waals surface area contributed by atoms with E-state index in [-0.39, 0.29) is 6.03 Å². The van der Waals surface area contributed by atoms with E-state index in [9.17, 15) is 4.79 Å². The van der Waals surface area contributed by atoms with Crippen molar-refractivity contribution in [2.45, 2.75) is 0 Å². The molecule has 2 amide bonds. The maximum atomic E-state index is 12.2. The Morgan fingerprint density at radius 2 is 1.73 bits per heavy atom. The SMILES string of the molecule is Nc1nccc2scc(-c3cccc(NC(=O)Nc4ccccc4)c3)c12. The van der Waals surface area contributed by atoms with Gasteiger partial charge in [-0.3, -0.25) is 0 Å². The van der Waals surface area contributed by atoms with Gasteiger partial charge in [0.05, 0.1) is 0 Å². The topological polar surface area (TPSA) is 80.0 Å². The Hall–Kier alpha value is -3.38. The third-order valence-corrected chi connectivity index (χ3v) is 4.93. The Morgan fingerprint density at radius 3 is 2.58 bits per heavy atom. The van der Waals surface area contributed by atoms with Gasteiger partial charge in [-0.05, 0) is 41.3 Å². The summed E-state index contributed by atoms with van der Waals surface area (Å²) in [6, 6.07) is 18.7. The summed E-state index contributed by atoms with van der Waals surface area (Å²) < 4.78 is 1.09. The van der Waals surface area contributed by atoms with Crippen molar-refractivity contribution in [3.63, 3.8) is 0 Å². The quantitative estimate of drug-likeness (QED) is 0.470. The van der Waals surface area contributed by atoms with Gasteiger partial charge in [0.2, 0.25) is 0 Å². The van der Waals surface area contributed by atoms with Gasteiger partial charge in [-0.15, -0.1) is 11.3 Å². The molecule has 5 nitrogen and oxygen atoms in total. The number of carbonyl (C=O) groups excluding carboxylic acids is 1. The lowest BCUT2D eigenvalue weighted by Crippen LogP contribution is -2.19. The molecule has 0 unspecified atom stereocenters. The number of aromatic nitrogens is 1. The van der Waals surface area contributed by atoms with Crippen LogP contribution in [0.5, 0.6) is 0 Å². The highest BCUT2D eigenvalue weighted by atomic mass is 32.1. The van der Waals surface area contributed by atoms with Crippen LogP contribution < -0.4 is 16.4 Å². The van der Waals surface area contributed by atoms with Crippen LogP contribution in [-0.4, -0.2) is 11.0 Å². The zero-order valence-electron chi connectivity index (χ0n) is 13.8. The van der Waals surface area contributed by atoms with Crippen molar-refractivity contribution in [3.8, 4) is 11.1 Å². The number of nitrogens with two attached hydrogens (primary N) is 1. The number of anilines is 3. The largest absolute Gasteiger partial charge is 0.383 e. The Morgan fingerprint density at radius 1 is 0.962 bits per heavy atom. The fraction of sp³-hybridized carbons (Fsp3) is 0. The molecule has 0 saturated heterocycles. The number of pyridine rings is 1. The van der Waals surface area contributed by atoms with E-state index in [4.69, 9.17) is 5.73 Å². The van der Waals surface area contributed by atoms with Crippen molar-refractivity contribution >= 4 is 44.6 Å².